The highest BCUT2D eigenvalue weighted by Crippen LogP contribution is 1.99. The maximum absolute atomic E-state index is 8.90. The fourth-order valence-electron chi connectivity index (χ4n) is 0.776. The number of unbranched alkanes of at least 4 members (excludes halogenated alkanes) is 1. The van der Waals surface area contributed by atoms with Crippen LogP contribution in [0.3, 0.4) is 0 Å². The van der Waals surface area contributed by atoms with E-state index in [-0.39, 0.29) is 19.4 Å². The van der Waals surface area contributed by atoms with Crippen LogP contribution >= 0.6 is 0 Å². The van der Waals surface area contributed by atoms with Crippen LogP contribution in [0.1, 0.15) is 26.2 Å². The molecule has 0 aromatic heterocycles. The van der Waals surface area contributed by atoms with Crippen LogP contribution in [-0.2, 0) is 4.74 Å². The van der Waals surface area contributed by atoms with Gasteiger partial charge in [0.15, 0.2) is 0 Å². The largest absolute Gasteiger partial charge is 0.394 e. The van der Waals surface area contributed by atoms with Gasteiger partial charge in [-0.15, -0.1) is 0 Å². The SMILES string of the molecule is CCCCC(N)OCC(O)CO. The zero-order valence-electron chi connectivity index (χ0n) is 7.57. The third kappa shape index (κ3) is 6.54. The van der Waals surface area contributed by atoms with E-state index in [1.807, 2.05) is 0 Å². The molecule has 2 unspecified atom stereocenters. The molecule has 0 radical (unpaired) electrons. The molecule has 4 heteroatoms. The van der Waals surface area contributed by atoms with Gasteiger partial charge in [-0.2, -0.15) is 0 Å². The van der Waals surface area contributed by atoms with Gasteiger partial charge in [0, 0.05) is 0 Å². The smallest absolute Gasteiger partial charge is 0.105 e. The molecule has 4 nitrogen and oxygen atoms in total. The first-order valence-corrected chi connectivity index (χ1v) is 4.36. The van der Waals surface area contributed by atoms with Crippen LogP contribution in [0.15, 0.2) is 0 Å². The highest BCUT2D eigenvalue weighted by molar-refractivity contribution is 4.53. The van der Waals surface area contributed by atoms with Crippen LogP contribution in [0, 0.1) is 0 Å². The Bertz CT molecular complexity index is 100. The Morgan fingerprint density at radius 1 is 1.50 bits per heavy atom. The summed E-state index contributed by atoms with van der Waals surface area (Å²) in [7, 11) is 0. The zero-order chi connectivity index (χ0) is 9.40. The Kier molecular flexibility index (Phi) is 7.39. The Morgan fingerprint density at radius 2 is 2.17 bits per heavy atom. The molecule has 0 aromatic carbocycles. The van der Waals surface area contributed by atoms with E-state index >= 15 is 0 Å². The third-order valence-corrected chi connectivity index (χ3v) is 1.56. The van der Waals surface area contributed by atoms with Gasteiger partial charge in [0.05, 0.1) is 13.2 Å². The van der Waals surface area contributed by atoms with E-state index in [1.165, 1.54) is 0 Å². The van der Waals surface area contributed by atoms with E-state index in [0.717, 1.165) is 19.3 Å². The zero-order valence-corrected chi connectivity index (χ0v) is 7.57. The first-order chi connectivity index (χ1) is 5.70. The van der Waals surface area contributed by atoms with E-state index in [0.29, 0.717) is 0 Å². The van der Waals surface area contributed by atoms with Crippen LogP contribution in [0.2, 0.25) is 0 Å². The van der Waals surface area contributed by atoms with Crippen molar-refractivity contribution in [2.24, 2.45) is 5.73 Å². The lowest BCUT2D eigenvalue weighted by Gasteiger charge is -2.14. The van der Waals surface area contributed by atoms with Crippen molar-refractivity contribution in [2.45, 2.75) is 38.5 Å². The first-order valence-electron chi connectivity index (χ1n) is 4.36. The van der Waals surface area contributed by atoms with Crippen molar-refractivity contribution in [1.82, 2.24) is 0 Å². The number of nitrogens with two attached hydrogens (primary N) is 1. The molecule has 0 amide bonds. The average molecular weight is 177 g/mol. The topological polar surface area (TPSA) is 75.7 Å². The second-order valence-corrected chi connectivity index (χ2v) is 2.85. The molecule has 0 bridgehead atoms. The molecule has 0 aliphatic heterocycles. The van der Waals surface area contributed by atoms with Crippen molar-refractivity contribution < 1.29 is 14.9 Å². The number of aliphatic hydroxyl groups excluding tert-OH is 2. The van der Waals surface area contributed by atoms with Crippen LogP contribution in [0.5, 0.6) is 0 Å². The van der Waals surface area contributed by atoms with Crippen LogP contribution in [0.25, 0.3) is 0 Å². The average Bonchev–Trinajstić information content (AvgIpc) is 2.10. The van der Waals surface area contributed by atoms with Gasteiger partial charge in [-0.25, -0.2) is 0 Å². The summed E-state index contributed by atoms with van der Waals surface area (Å²) in [6.07, 6.45) is 1.79. The monoisotopic (exact) mass is 177 g/mol. The fourth-order valence-corrected chi connectivity index (χ4v) is 0.776. The lowest BCUT2D eigenvalue weighted by Crippen LogP contribution is -2.29. The fraction of sp³-hybridized carbons (Fsp3) is 1.00. The van der Waals surface area contributed by atoms with Gasteiger partial charge < -0.3 is 20.7 Å². The summed E-state index contributed by atoms with van der Waals surface area (Å²) in [6, 6.07) is 0. The highest BCUT2D eigenvalue weighted by Gasteiger charge is 2.06. The van der Waals surface area contributed by atoms with E-state index in [4.69, 9.17) is 20.7 Å². The molecule has 0 saturated heterocycles. The van der Waals surface area contributed by atoms with Crippen molar-refractivity contribution >= 4 is 0 Å². The third-order valence-electron chi connectivity index (χ3n) is 1.56. The van der Waals surface area contributed by atoms with Crippen LogP contribution in [0.4, 0.5) is 0 Å². The van der Waals surface area contributed by atoms with E-state index in [2.05, 4.69) is 6.92 Å². The number of rotatable bonds is 7. The number of hydrogen-bond donors (Lipinski definition) is 3. The number of ether oxygens (including phenoxy) is 1. The highest BCUT2D eigenvalue weighted by atomic mass is 16.5. The van der Waals surface area contributed by atoms with Crippen molar-refractivity contribution in [3.63, 3.8) is 0 Å². The molecule has 74 valence electrons. The molecule has 0 heterocycles. The standard InChI is InChI=1S/C8H19NO3/c1-2-3-4-8(9)12-6-7(11)5-10/h7-8,10-11H,2-6,9H2,1H3. The summed E-state index contributed by atoms with van der Waals surface area (Å²) >= 11 is 0. The molecule has 0 aliphatic rings. The molecule has 0 aliphatic carbocycles. The Balaban J connectivity index is 3.24. The summed E-state index contributed by atoms with van der Waals surface area (Å²) in [6.45, 7) is 1.91. The Morgan fingerprint density at radius 3 is 2.67 bits per heavy atom. The first kappa shape index (κ1) is 11.8. The van der Waals surface area contributed by atoms with Gasteiger partial charge in [-0.1, -0.05) is 13.3 Å². The van der Waals surface area contributed by atoms with Gasteiger partial charge in [0.1, 0.15) is 12.3 Å². The number of hydrogen-bond acceptors (Lipinski definition) is 4. The van der Waals surface area contributed by atoms with Gasteiger partial charge in [0.2, 0.25) is 0 Å². The molecular formula is C8H19NO3. The molecule has 4 N–H and O–H groups in total. The second-order valence-electron chi connectivity index (χ2n) is 2.85. The Labute approximate surface area is 73.3 Å². The summed E-state index contributed by atoms with van der Waals surface area (Å²) in [5, 5.41) is 17.4. The summed E-state index contributed by atoms with van der Waals surface area (Å²) < 4.78 is 5.06. The lowest BCUT2D eigenvalue weighted by atomic mass is 10.2. The predicted molar refractivity (Wildman–Crippen MR) is 46.5 cm³/mol. The minimum absolute atomic E-state index is 0.112. The van der Waals surface area contributed by atoms with Crippen molar-refractivity contribution in [3.8, 4) is 0 Å². The summed E-state index contributed by atoms with van der Waals surface area (Å²) in [5.41, 5.74) is 5.55. The molecule has 2 atom stereocenters. The van der Waals surface area contributed by atoms with E-state index < -0.39 is 6.10 Å². The van der Waals surface area contributed by atoms with Crippen molar-refractivity contribution in [3.05, 3.63) is 0 Å². The minimum Gasteiger partial charge on any atom is -0.394 e. The second kappa shape index (κ2) is 7.49. The van der Waals surface area contributed by atoms with Crippen LogP contribution < -0.4 is 5.73 Å². The molecule has 0 spiro atoms. The molecular weight excluding hydrogens is 158 g/mol. The van der Waals surface area contributed by atoms with Gasteiger partial charge >= 0.3 is 0 Å². The lowest BCUT2D eigenvalue weighted by molar-refractivity contribution is -0.0294. The minimum atomic E-state index is -0.808. The maximum atomic E-state index is 8.90. The summed E-state index contributed by atoms with van der Waals surface area (Å²) in [4.78, 5) is 0. The van der Waals surface area contributed by atoms with Gasteiger partial charge in [-0.3, -0.25) is 0 Å². The van der Waals surface area contributed by atoms with Crippen LogP contribution in [-0.4, -0.2) is 35.8 Å². The van der Waals surface area contributed by atoms with E-state index in [9.17, 15) is 0 Å². The quantitative estimate of drug-likeness (QED) is 0.472. The molecule has 0 fully saturated rings. The molecule has 0 aromatic rings. The number of aliphatic hydroxyl groups is 2. The molecule has 12 heavy (non-hydrogen) atoms. The van der Waals surface area contributed by atoms with Crippen molar-refractivity contribution in [1.29, 1.82) is 0 Å². The predicted octanol–water partition coefficient (Wildman–Crippen LogP) is -0.169. The maximum Gasteiger partial charge on any atom is 0.105 e. The van der Waals surface area contributed by atoms with Gasteiger partial charge in [-0.05, 0) is 12.8 Å². The summed E-state index contributed by atoms with van der Waals surface area (Å²) in [5.74, 6) is 0. The van der Waals surface area contributed by atoms with Gasteiger partial charge in [0.25, 0.3) is 0 Å². The molecule has 0 saturated carbocycles. The van der Waals surface area contributed by atoms with E-state index in [1.54, 1.807) is 0 Å². The van der Waals surface area contributed by atoms with Crippen molar-refractivity contribution in [2.75, 3.05) is 13.2 Å². The Hall–Kier alpha value is -0.160. The normalized spacial score (nSPS) is 16.0. The molecule has 0 rings (SSSR count).